The van der Waals surface area contributed by atoms with Gasteiger partial charge in [-0.15, -0.1) is 0 Å². The number of alkyl halides is 3. The number of hydrogen-bond donors (Lipinski definition) is 2. The van der Waals surface area contributed by atoms with Gasteiger partial charge in [-0.1, -0.05) is 0 Å². The molecule has 0 saturated heterocycles. The Kier molecular flexibility index (Phi) is 4.70. The van der Waals surface area contributed by atoms with Gasteiger partial charge in [0.15, 0.2) is 11.6 Å². The van der Waals surface area contributed by atoms with Gasteiger partial charge in [0.05, 0.1) is 5.56 Å². The van der Waals surface area contributed by atoms with Crippen molar-refractivity contribution < 1.29 is 22.0 Å². The van der Waals surface area contributed by atoms with Crippen LogP contribution >= 0.6 is 0 Å². The Morgan fingerprint density at radius 2 is 1.27 bits per heavy atom. The lowest BCUT2D eigenvalue weighted by Crippen LogP contribution is -2.04. The van der Waals surface area contributed by atoms with Gasteiger partial charge in [-0.2, -0.15) is 13.2 Å². The average molecular weight is 366 g/mol. The molecule has 134 valence electrons. The molecule has 9 heteroatoms. The molecule has 0 aliphatic heterocycles. The second-order valence-corrected chi connectivity index (χ2v) is 5.24. The van der Waals surface area contributed by atoms with Crippen LogP contribution in [0.3, 0.4) is 0 Å². The van der Waals surface area contributed by atoms with Gasteiger partial charge in [0.2, 0.25) is 0 Å². The maximum absolute atomic E-state index is 13.2. The number of anilines is 4. The molecule has 26 heavy (non-hydrogen) atoms. The van der Waals surface area contributed by atoms with Crippen LogP contribution in [0.1, 0.15) is 5.56 Å². The molecule has 0 bridgehead atoms. The van der Waals surface area contributed by atoms with E-state index in [4.69, 9.17) is 0 Å². The predicted molar refractivity (Wildman–Crippen MR) is 86.4 cm³/mol. The van der Waals surface area contributed by atoms with Crippen molar-refractivity contribution >= 4 is 23.0 Å². The maximum atomic E-state index is 13.2. The quantitative estimate of drug-likeness (QED) is 0.619. The van der Waals surface area contributed by atoms with E-state index in [0.29, 0.717) is 17.3 Å². The van der Waals surface area contributed by atoms with E-state index in [1.165, 1.54) is 30.6 Å². The van der Waals surface area contributed by atoms with Gasteiger partial charge in [0.25, 0.3) is 0 Å². The molecule has 2 aromatic carbocycles. The second-order valence-electron chi connectivity index (χ2n) is 5.24. The molecule has 3 aromatic rings. The van der Waals surface area contributed by atoms with Gasteiger partial charge in [-0.05, 0) is 36.4 Å². The van der Waals surface area contributed by atoms with E-state index in [2.05, 4.69) is 20.6 Å². The number of benzene rings is 2. The van der Waals surface area contributed by atoms with Crippen LogP contribution in [0.5, 0.6) is 0 Å². The van der Waals surface area contributed by atoms with Crippen molar-refractivity contribution in [3.05, 3.63) is 72.1 Å². The van der Waals surface area contributed by atoms with Crippen molar-refractivity contribution in [2.75, 3.05) is 10.6 Å². The molecule has 0 saturated carbocycles. The SMILES string of the molecule is Fc1ccc(Nc2cc(Nc3ccc(C(F)(F)F)cc3)ncn2)cc1F. The Balaban J connectivity index is 1.73. The summed E-state index contributed by atoms with van der Waals surface area (Å²) in [4.78, 5) is 7.91. The molecule has 1 aromatic heterocycles. The Hall–Kier alpha value is -3.23. The highest BCUT2D eigenvalue weighted by molar-refractivity contribution is 5.63. The third kappa shape index (κ3) is 4.24. The fourth-order valence-corrected chi connectivity index (χ4v) is 2.11. The average Bonchev–Trinajstić information content (AvgIpc) is 2.58. The number of nitrogens with one attached hydrogen (secondary N) is 2. The molecule has 0 radical (unpaired) electrons. The van der Waals surface area contributed by atoms with Crippen LogP contribution in [-0.2, 0) is 6.18 Å². The van der Waals surface area contributed by atoms with Gasteiger partial charge in [-0.25, -0.2) is 18.7 Å². The summed E-state index contributed by atoms with van der Waals surface area (Å²) >= 11 is 0. The lowest BCUT2D eigenvalue weighted by molar-refractivity contribution is -0.137. The monoisotopic (exact) mass is 366 g/mol. The summed E-state index contributed by atoms with van der Waals surface area (Å²) in [5.74, 6) is -1.37. The largest absolute Gasteiger partial charge is 0.416 e. The first kappa shape index (κ1) is 17.6. The van der Waals surface area contributed by atoms with E-state index in [9.17, 15) is 22.0 Å². The van der Waals surface area contributed by atoms with Crippen LogP contribution in [0.4, 0.5) is 45.0 Å². The molecule has 0 atom stereocenters. The van der Waals surface area contributed by atoms with Crippen molar-refractivity contribution in [2.45, 2.75) is 6.18 Å². The van der Waals surface area contributed by atoms with Crippen molar-refractivity contribution in [1.82, 2.24) is 9.97 Å². The van der Waals surface area contributed by atoms with Gasteiger partial charge < -0.3 is 10.6 Å². The zero-order chi connectivity index (χ0) is 18.7. The molecule has 3 rings (SSSR count). The Bertz CT molecular complexity index is 910. The third-order valence-electron chi connectivity index (χ3n) is 3.34. The fraction of sp³-hybridized carbons (Fsp3) is 0.0588. The molecule has 2 N–H and O–H groups in total. The number of aromatic nitrogens is 2. The van der Waals surface area contributed by atoms with Gasteiger partial charge in [0, 0.05) is 23.5 Å². The molecular weight excluding hydrogens is 355 g/mol. The lowest BCUT2D eigenvalue weighted by atomic mass is 10.2. The van der Waals surface area contributed by atoms with E-state index < -0.39 is 23.4 Å². The number of hydrogen-bond acceptors (Lipinski definition) is 4. The van der Waals surface area contributed by atoms with Crippen LogP contribution in [0, 0.1) is 11.6 Å². The zero-order valence-electron chi connectivity index (χ0n) is 13.0. The normalized spacial score (nSPS) is 11.3. The van der Waals surface area contributed by atoms with E-state index in [0.717, 1.165) is 24.3 Å². The van der Waals surface area contributed by atoms with E-state index in [-0.39, 0.29) is 5.69 Å². The van der Waals surface area contributed by atoms with Gasteiger partial charge in [0.1, 0.15) is 18.0 Å². The fourth-order valence-electron chi connectivity index (χ4n) is 2.11. The molecule has 0 aliphatic rings. The van der Waals surface area contributed by atoms with E-state index in [1.54, 1.807) is 0 Å². The first-order valence-corrected chi connectivity index (χ1v) is 7.30. The topological polar surface area (TPSA) is 49.8 Å². The first-order valence-electron chi connectivity index (χ1n) is 7.30. The van der Waals surface area contributed by atoms with Gasteiger partial charge in [-0.3, -0.25) is 0 Å². The minimum absolute atomic E-state index is 0.281. The highest BCUT2D eigenvalue weighted by Crippen LogP contribution is 2.30. The van der Waals surface area contributed by atoms with Crippen molar-refractivity contribution in [1.29, 1.82) is 0 Å². The summed E-state index contributed by atoms with van der Waals surface area (Å²) in [6, 6.07) is 9.19. The lowest BCUT2D eigenvalue weighted by Gasteiger charge is -2.10. The van der Waals surface area contributed by atoms with Crippen LogP contribution < -0.4 is 10.6 Å². The standard InChI is InChI=1S/C17H11F5N4/c18-13-6-5-12(7-14(13)19)26-16-8-15(23-9-24-16)25-11-3-1-10(2-4-11)17(20,21)22/h1-9H,(H2,23,24,25,26). The number of halogens is 5. The molecular formula is C17H11F5N4. The smallest absolute Gasteiger partial charge is 0.340 e. The maximum Gasteiger partial charge on any atom is 0.416 e. The van der Waals surface area contributed by atoms with E-state index in [1.807, 2.05) is 0 Å². The molecule has 4 nitrogen and oxygen atoms in total. The van der Waals surface area contributed by atoms with Crippen molar-refractivity contribution in [3.63, 3.8) is 0 Å². The summed E-state index contributed by atoms with van der Waals surface area (Å²) in [7, 11) is 0. The van der Waals surface area contributed by atoms with Crippen LogP contribution in [0.25, 0.3) is 0 Å². The second kappa shape index (κ2) is 6.95. The molecule has 0 spiro atoms. The molecule has 0 fully saturated rings. The summed E-state index contributed by atoms with van der Waals surface area (Å²) in [5.41, 5.74) is -0.0787. The predicted octanol–water partition coefficient (Wildman–Crippen LogP) is 5.26. The van der Waals surface area contributed by atoms with E-state index >= 15 is 0 Å². The summed E-state index contributed by atoms with van der Waals surface area (Å²) < 4.78 is 63.8. The summed E-state index contributed by atoms with van der Waals surface area (Å²) in [5, 5.41) is 5.62. The number of rotatable bonds is 4. The minimum atomic E-state index is -4.41. The van der Waals surface area contributed by atoms with Crippen LogP contribution in [0.15, 0.2) is 54.9 Å². The minimum Gasteiger partial charge on any atom is -0.340 e. The molecule has 0 amide bonds. The summed E-state index contributed by atoms with van der Waals surface area (Å²) in [6.07, 6.45) is -3.19. The van der Waals surface area contributed by atoms with Crippen LogP contribution in [-0.4, -0.2) is 9.97 Å². The third-order valence-corrected chi connectivity index (χ3v) is 3.34. The molecule has 0 unspecified atom stereocenters. The van der Waals surface area contributed by atoms with Gasteiger partial charge >= 0.3 is 6.18 Å². The Morgan fingerprint density at radius 1 is 0.692 bits per heavy atom. The Labute approximate surface area is 144 Å². The summed E-state index contributed by atoms with van der Waals surface area (Å²) in [6.45, 7) is 0. The van der Waals surface area contributed by atoms with Crippen LogP contribution in [0.2, 0.25) is 0 Å². The highest BCUT2D eigenvalue weighted by Gasteiger charge is 2.29. The first-order chi connectivity index (χ1) is 12.3. The zero-order valence-corrected chi connectivity index (χ0v) is 13.0. The number of nitrogens with zero attached hydrogens (tertiary/aromatic N) is 2. The van der Waals surface area contributed by atoms with Crippen molar-refractivity contribution in [2.24, 2.45) is 0 Å². The highest BCUT2D eigenvalue weighted by atomic mass is 19.4. The Morgan fingerprint density at radius 3 is 1.85 bits per heavy atom. The molecule has 0 aliphatic carbocycles. The molecule has 1 heterocycles. The van der Waals surface area contributed by atoms with Crippen molar-refractivity contribution in [3.8, 4) is 0 Å².